The van der Waals surface area contributed by atoms with Crippen LogP contribution in [0.25, 0.3) is 11.3 Å². The Morgan fingerprint density at radius 3 is 2.56 bits per heavy atom. The van der Waals surface area contributed by atoms with E-state index in [0.29, 0.717) is 33.8 Å². The minimum Gasteiger partial charge on any atom is -0.462 e. The molecule has 4 rings (SSSR count). The van der Waals surface area contributed by atoms with Gasteiger partial charge in [-0.2, -0.15) is 4.98 Å². The van der Waals surface area contributed by atoms with Gasteiger partial charge in [0.2, 0.25) is 5.95 Å². The van der Waals surface area contributed by atoms with E-state index >= 15 is 0 Å². The van der Waals surface area contributed by atoms with Crippen LogP contribution in [0, 0.1) is 6.92 Å². The van der Waals surface area contributed by atoms with E-state index < -0.39 is 15.8 Å². The molecule has 3 heterocycles. The van der Waals surface area contributed by atoms with Crippen LogP contribution in [0.1, 0.15) is 27.9 Å². The van der Waals surface area contributed by atoms with Gasteiger partial charge in [0.25, 0.3) is 0 Å². The molecule has 0 aliphatic heterocycles. The number of ether oxygens (including phenoxy) is 1. The minimum atomic E-state index is -3.26. The van der Waals surface area contributed by atoms with Crippen molar-refractivity contribution in [2.45, 2.75) is 25.3 Å². The summed E-state index contributed by atoms with van der Waals surface area (Å²) in [5.74, 6) is 0.405. The minimum absolute atomic E-state index is 0.263. The third kappa shape index (κ3) is 6.20. The Balaban J connectivity index is 1.60. The largest absolute Gasteiger partial charge is 0.462 e. The Labute approximate surface area is 212 Å². The van der Waals surface area contributed by atoms with E-state index in [-0.39, 0.29) is 17.5 Å². The number of pyridine rings is 1. The fraction of sp³-hybridized carbons (Fsp3) is 0.208. The molecule has 0 radical (unpaired) electrons. The molecular formula is C24H24N6O4S2. The highest BCUT2D eigenvalue weighted by Gasteiger charge is 2.17. The number of rotatable bonds is 9. The smallest absolute Gasteiger partial charge is 0.350 e. The summed E-state index contributed by atoms with van der Waals surface area (Å²) in [6, 6.07) is 12.2. The van der Waals surface area contributed by atoms with Crippen molar-refractivity contribution in [3.05, 3.63) is 71.0 Å². The number of benzene rings is 1. The summed E-state index contributed by atoms with van der Waals surface area (Å²) >= 11 is 1.16. The van der Waals surface area contributed by atoms with E-state index in [9.17, 15) is 13.2 Å². The first-order chi connectivity index (χ1) is 17.2. The van der Waals surface area contributed by atoms with E-state index in [2.05, 4.69) is 30.6 Å². The lowest BCUT2D eigenvalue weighted by molar-refractivity contribution is 0.0531. The van der Waals surface area contributed by atoms with Crippen molar-refractivity contribution in [1.82, 2.24) is 19.9 Å². The number of hydrogen-bond acceptors (Lipinski definition) is 11. The Kier molecular flexibility index (Phi) is 7.55. The van der Waals surface area contributed by atoms with Crippen LogP contribution in [-0.2, 0) is 21.1 Å². The van der Waals surface area contributed by atoms with Crippen molar-refractivity contribution in [3.63, 3.8) is 0 Å². The Morgan fingerprint density at radius 1 is 1.11 bits per heavy atom. The number of aryl methyl sites for hydroxylation is 1. The third-order valence-corrected chi connectivity index (χ3v) is 7.17. The van der Waals surface area contributed by atoms with E-state index in [0.717, 1.165) is 22.5 Å². The van der Waals surface area contributed by atoms with Gasteiger partial charge in [-0.25, -0.2) is 23.2 Å². The topological polar surface area (TPSA) is 136 Å². The van der Waals surface area contributed by atoms with Gasteiger partial charge in [-0.05, 0) is 43.7 Å². The zero-order valence-electron chi connectivity index (χ0n) is 19.8. The molecule has 0 amide bonds. The Hall–Kier alpha value is -3.90. The van der Waals surface area contributed by atoms with Crippen molar-refractivity contribution < 1.29 is 17.9 Å². The number of esters is 1. The molecule has 0 atom stereocenters. The van der Waals surface area contributed by atoms with Crippen molar-refractivity contribution in [2.75, 3.05) is 23.5 Å². The number of nitrogens with one attached hydrogen (secondary N) is 2. The molecule has 1 aromatic carbocycles. The van der Waals surface area contributed by atoms with E-state index in [4.69, 9.17) is 4.74 Å². The number of carbonyl (C=O) groups excluding carboxylic acids is 1. The van der Waals surface area contributed by atoms with Gasteiger partial charge in [0.05, 0.1) is 22.9 Å². The molecule has 0 aliphatic carbocycles. The van der Waals surface area contributed by atoms with Crippen LogP contribution in [0.4, 0.5) is 16.9 Å². The second-order valence-electron chi connectivity index (χ2n) is 7.75. The second kappa shape index (κ2) is 10.8. The number of hydrogen-bond donors (Lipinski definition) is 2. The first-order valence-electron chi connectivity index (χ1n) is 11.0. The number of carbonyl (C=O) groups is 1. The van der Waals surface area contributed by atoms with Crippen LogP contribution in [0.15, 0.2) is 59.8 Å². The van der Waals surface area contributed by atoms with Gasteiger partial charge in [0.1, 0.15) is 10.7 Å². The SMILES string of the molecule is CCOC(=O)c1sc(Nc2nc(NCc3ccc(S(C)(=O)=O)cc3)cc(-c3cccnc3)n2)nc1C. The molecule has 36 heavy (non-hydrogen) atoms. The average molecular weight is 525 g/mol. The molecule has 0 bridgehead atoms. The molecule has 2 N–H and O–H groups in total. The highest BCUT2D eigenvalue weighted by molar-refractivity contribution is 7.90. The molecule has 0 fully saturated rings. The zero-order valence-corrected chi connectivity index (χ0v) is 21.5. The predicted octanol–water partition coefficient (Wildman–Crippen LogP) is 4.24. The van der Waals surface area contributed by atoms with Gasteiger partial charge in [-0.15, -0.1) is 0 Å². The molecule has 3 aromatic heterocycles. The van der Waals surface area contributed by atoms with Gasteiger partial charge < -0.3 is 10.1 Å². The molecule has 4 aromatic rings. The quantitative estimate of drug-likeness (QED) is 0.306. The number of anilines is 3. The maximum Gasteiger partial charge on any atom is 0.350 e. The predicted molar refractivity (Wildman–Crippen MR) is 138 cm³/mol. The van der Waals surface area contributed by atoms with Crippen LogP contribution >= 0.6 is 11.3 Å². The maximum atomic E-state index is 12.2. The van der Waals surface area contributed by atoms with Crippen LogP contribution in [0.5, 0.6) is 0 Å². The molecule has 0 saturated carbocycles. The summed E-state index contributed by atoms with van der Waals surface area (Å²) < 4.78 is 28.5. The van der Waals surface area contributed by atoms with Crippen molar-refractivity contribution in [2.24, 2.45) is 0 Å². The monoisotopic (exact) mass is 524 g/mol. The summed E-state index contributed by atoms with van der Waals surface area (Å²) in [6.45, 7) is 4.18. The van der Waals surface area contributed by atoms with E-state index in [1.54, 1.807) is 56.6 Å². The van der Waals surface area contributed by atoms with Gasteiger partial charge in [0, 0.05) is 36.8 Å². The fourth-order valence-corrected chi connectivity index (χ4v) is 4.72. The molecule has 12 heteroatoms. The van der Waals surface area contributed by atoms with Gasteiger partial charge in [0.15, 0.2) is 15.0 Å². The maximum absolute atomic E-state index is 12.2. The van der Waals surface area contributed by atoms with Gasteiger partial charge in [-0.3, -0.25) is 10.3 Å². The van der Waals surface area contributed by atoms with Crippen molar-refractivity contribution in [1.29, 1.82) is 0 Å². The lowest BCUT2D eigenvalue weighted by Gasteiger charge is -2.11. The third-order valence-electron chi connectivity index (χ3n) is 4.98. The number of thiazole rings is 1. The number of sulfone groups is 1. The second-order valence-corrected chi connectivity index (χ2v) is 10.8. The first kappa shape index (κ1) is 25.2. The van der Waals surface area contributed by atoms with Gasteiger partial charge >= 0.3 is 5.97 Å². The highest BCUT2D eigenvalue weighted by Crippen LogP contribution is 2.27. The molecule has 0 spiro atoms. The average Bonchev–Trinajstić information content (AvgIpc) is 3.23. The van der Waals surface area contributed by atoms with Crippen molar-refractivity contribution >= 4 is 44.0 Å². The van der Waals surface area contributed by atoms with Gasteiger partial charge in [-0.1, -0.05) is 23.5 Å². The number of nitrogens with zero attached hydrogens (tertiary/aromatic N) is 4. The van der Waals surface area contributed by atoms with Crippen LogP contribution in [0.2, 0.25) is 0 Å². The molecule has 0 saturated heterocycles. The Bertz CT molecular complexity index is 1470. The summed E-state index contributed by atoms with van der Waals surface area (Å²) in [7, 11) is -3.26. The fourth-order valence-electron chi connectivity index (χ4n) is 3.23. The summed E-state index contributed by atoms with van der Waals surface area (Å²) in [4.78, 5) is 30.6. The standard InChI is InChI=1S/C24H24N6O4S2/c1-4-34-22(31)21-15(2)27-24(35-21)30-23-28-19(17-6-5-11-25-14-17)12-20(29-23)26-13-16-7-9-18(10-8-16)36(3,32)33/h5-12,14H,4,13H2,1-3H3,(H2,26,27,28,29,30). The highest BCUT2D eigenvalue weighted by atomic mass is 32.2. The molecule has 0 unspecified atom stereocenters. The van der Waals surface area contributed by atoms with Crippen LogP contribution in [0.3, 0.4) is 0 Å². The van der Waals surface area contributed by atoms with Crippen LogP contribution in [-0.4, -0.2) is 47.2 Å². The molecule has 186 valence electrons. The van der Waals surface area contributed by atoms with Crippen LogP contribution < -0.4 is 10.6 Å². The molecule has 10 nitrogen and oxygen atoms in total. The summed E-state index contributed by atoms with van der Waals surface area (Å²) in [5, 5.41) is 6.80. The number of aromatic nitrogens is 4. The summed E-state index contributed by atoms with van der Waals surface area (Å²) in [5.41, 5.74) is 2.87. The Morgan fingerprint density at radius 2 is 1.89 bits per heavy atom. The van der Waals surface area contributed by atoms with E-state index in [1.165, 1.54) is 6.26 Å². The van der Waals surface area contributed by atoms with Crippen molar-refractivity contribution in [3.8, 4) is 11.3 Å². The summed E-state index contributed by atoms with van der Waals surface area (Å²) in [6.07, 6.45) is 4.56. The lowest BCUT2D eigenvalue weighted by atomic mass is 10.2. The molecular weight excluding hydrogens is 500 g/mol. The van der Waals surface area contributed by atoms with E-state index in [1.807, 2.05) is 12.1 Å². The first-order valence-corrected chi connectivity index (χ1v) is 13.7. The zero-order chi connectivity index (χ0) is 25.7. The normalized spacial score (nSPS) is 11.2. The molecule has 0 aliphatic rings. The lowest BCUT2D eigenvalue weighted by Crippen LogP contribution is -2.06.